The molecule has 0 aliphatic carbocycles. The Morgan fingerprint density at radius 1 is 0.818 bits per heavy atom. The number of nitrogens with one attached hydrogen (secondary N) is 1. The lowest BCUT2D eigenvalue weighted by Crippen LogP contribution is -2.45. The van der Waals surface area contributed by atoms with Crippen LogP contribution in [0, 0.1) is 0 Å². The number of carboxylic acid groups (broad SMARTS) is 1. The van der Waals surface area contributed by atoms with E-state index >= 15 is 0 Å². The van der Waals surface area contributed by atoms with Gasteiger partial charge >= 0.3 is 12.1 Å². The Bertz CT molecular complexity index is 953. The van der Waals surface area contributed by atoms with Gasteiger partial charge in [-0.05, 0) is 57.2 Å². The number of alkyl carbamates (subject to hydrolysis) is 1. The molecule has 0 fully saturated rings. The highest BCUT2D eigenvalue weighted by atomic mass is 31.2. The van der Waals surface area contributed by atoms with E-state index < -0.39 is 31.0 Å². The molecule has 0 saturated heterocycles. The smallest absolute Gasteiger partial charge is 0.408 e. The summed E-state index contributed by atoms with van der Waals surface area (Å²) in [4.78, 5) is 24.4. The number of benzene rings is 3. The summed E-state index contributed by atoms with van der Waals surface area (Å²) in [6.45, 7) is 5.25. The Hall–Kier alpha value is -3.17. The van der Waals surface area contributed by atoms with Gasteiger partial charge in [0.05, 0.1) is 6.16 Å². The summed E-state index contributed by atoms with van der Waals surface area (Å²) in [5.41, 5.74) is -0.706. The lowest BCUT2D eigenvalue weighted by Gasteiger charge is -2.29. The van der Waals surface area contributed by atoms with Crippen molar-refractivity contribution >= 4 is 35.2 Å². The highest BCUT2D eigenvalue weighted by Crippen LogP contribution is 2.55. The van der Waals surface area contributed by atoms with Crippen LogP contribution < -0.4 is 21.2 Å². The largest absolute Gasteiger partial charge is 0.480 e. The number of carbonyl (C=O) groups excluding carboxylic acids is 1. The van der Waals surface area contributed by atoms with Crippen LogP contribution in [-0.4, -0.2) is 35.0 Å². The molecule has 0 unspecified atom stereocenters. The maximum atomic E-state index is 12.3. The lowest BCUT2D eigenvalue weighted by molar-refractivity contribution is -0.139. The number of hydrogen-bond acceptors (Lipinski definition) is 3. The van der Waals surface area contributed by atoms with Crippen LogP contribution in [0.1, 0.15) is 27.2 Å². The van der Waals surface area contributed by atoms with E-state index in [1.165, 1.54) is 15.9 Å². The Morgan fingerprint density at radius 3 is 1.55 bits per heavy atom. The molecule has 0 aliphatic rings. The number of amides is 1. The van der Waals surface area contributed by atoms with Crippen LogP contribution in [0.4, 0.5) is 4.79 Å². The average Bonchev–Trinajstić information content (AvgIpc) is 2.79. The molecule has 0 heterocycles. The fraction of sp³-hybridized carbons (Fsp3) is 0.259. The number of carboxylic acids is 1. The predicted molar refractivity (Wildman–Crippen MR) is 135 cm³/mol. The summed E-state index contributed by atoms with van der Waals surface area (Å²) in [6, 6.07) is 29.7. The van der Waals surface area contributed by atoms with Gasteiger partial charge in [-0.3, -0.25) is 0 Å². The topological polar surface area (TPSA) is 75.6 Å². The third-order valence-corrected chi connectivity index (χ3v) is 9.80. The third-order valence-electron chi connectivity index (χ3n) is 5.33. The van der Waals surface area contributed by atoms with Gasteiger partial charge in [-0.15, -0.1) is 0 Å². The maximum absolute atomic E-state index is 12.3. The van der Waals surface area contributed by atoms with E-state index in [9.17, 15) is 14.7 Å². The first-order valence-corrected chi connectivity index (χ1v) is 13.0. The van der Waals surface area contributed by atoms with Crippen LogP contribution in [0.2, 0.25) is 0 Å². The number of hydrogen-bond donors (Lipinski definition) is 2. The number of rotatable bonds is 8. The van der Waals surface area contributed by atoms with Crippen LogP contribution in [0.3, 0.4) is 0 Å². The van der Waals surface area contributed by atoms with Crippen molar-refractivity contribution in [1.29, 1.82) is 0 Å². The number of aliphatic carboxylic acids is 1. The van der Waals surface area contributed by atoms with Crippen molar-refractivity contribution in [3.05, 3.63) is 91.0 Å². The fourth-order valence-electron chi connectivity index (χ4n) is 3.91. The van der Waals surface area contributed by atoms with Crippen LogP contribution in [0.5, 0.6) is 0 Å². The Kier molecular flexibility index (Phi) is 7.88. The summed E-state index contributed by atoms with van der Waals surface area (Å²) >= 11 is 0. The first kappa shape index (κ1) is 24.5. The van der Waals surface area contributed by atoms with E-state index in [0.29, 0.717) is 6.16 Å². The predicted octanol–water partition coefficient (Wildman–Crippen LogP) is 4.35. The van der Waals surface area contributed by atoms with Gasteiger partial charge in [0, 0.05) is 6.42 Å². The average molecular weight is 465 g/mol. The van der Waals surface area contributed by atoms with Crippen molar-refractivity contribution < 1.29 is 19.4 Å². The van der Waals surface area contributed by atoms with Gasteiger partial charge in [0.1, 0.15) is 34.8 Å². The van der Waals surface area contributed by atoms with Crippen molar-refractivity contribution in [3.8, 4) is 0 Å². The van der Waals surface area contributed by atoms with Crippen molar-refractivity contribution in [2.24, 2.45) is 0 Å². The maximum Gasteiger partial charge on any atom is 0.408 e. The summed E-state index contributed by atoms with van der Waals surface area (Å²) in [5.74, 6) is -1.08. The van der Waals surface area contributed by atoms with Crippen LogP contribution in [-0.2, 0) is 9.53 Å². The zero-order chi connectivity index (χ0) is 23.9. The number of ether oxygens (including phenoxy) is 1. The van der Waals surface area contributed by atoms with E-state index in [1.54, 1.807) is 20.8 Å². The van der Waals surface area contributed by atoms with Gasteiger partial charge in [0.15, 0.2) is 0 Å². The molecular weight excluding hydrogens is 433 g/mol. The molecule has 5 nitrogen and oxygen atoms in total. The molecule has 0 bridgehead atoms. The molecule has 6 heteroatoms. The summed E-state index contributed by atoms with van der Waals surface area (Å²) in [5, 5.41) is 15.9. The minimum absolute atomic E-state index is 0.265. The minimum atomic E-state index is -2.19. The monoisotopic (exact) mass is 464 g/mol. The minimum Gasteiger partial charge on any atom is -0.480 e. The molecule has 0 radical (unpaired) electrons. The zero-order valence-corrected chi connectivity index (χ0v) is 20.2. The van der Waals surface area contributed by atoms with Gasteiger partial charge < -0.3 is 15.2 Å². The van der Waals surface area contributed by atoms with Crippen molar-refractivity contribution in [2.45, 2.75) is 38.8 Å². The molecule has 3 rings (SSSR count). The molecule has 0 aromatic heterocycles. The quantitative estimate of drug-likeness (QED) is 0.486. The van der Waals surface area contributed by atoms with Crippen LogP contribution in [0.25, 0.3) is 0 Å². The van der Waals surface area contributed by atoms with Crippen LogP contribution >= 0.6 is 7.26 Å². The van der Waals surface area contributed by atoms with Gasteiger partial charge in [-0.2, -0.15) is 0 Å². The molecule has 3 aromatic rings. The molecular formula is C27H31NO4P+. The van der Waals surface area contributed by atoms with E-state index in [4.69, 9.17) is 4.74 Å². The Labute approximate surface area is 196 Å². The van der Waals surface area contributed by atoms with Crippen molar-refractivity contribution in [1.82, 2.24) is 5.32 Å². The Balaban J connectivity index is 2.03. The van der Waals surface area contributed by atoms with Gasteiger partial charge in [-0.25, -0.2) is 9.59 Å². The normalized spacial score (nSPS) is 12.6. The van der Waals surface area contributed by atoms with Crippen molar-refractivity contribution in [3.63, 3.8) is 0 Å². The van der Waals surface area contributed by atoms with E-state index in [0.717, 1.165) is 0 Å². The second-order valence-corrected chi connectivity index (χ2v) is 12.5. The van der Waals surface area contributed by atoms with Gasteiger partial charge in [0.25, 0.3) is 0 Å². The second kappa shape index (κ2) is 10.6. The summed E-state index contributed by atoms with van der Waals surface area (Å²) in [7, 11) is -2.19. The summed E-state index contributed by atoms with van der Waals surface area (Å²) in [6.07, 6.45) is 0.122. The van der Waals surface area contributed by atoms with E-state index in [2.05, 4.69) is 41.7 Å². The Morgan fingerprint density at radius 2 is 1.21 bits per heavy atom. The van der Waals surface area contributed by atoms with Crippen LogP contribution in [0.15, 0.2) is 91.0 Å². The second-order valence-electron chi connectivity index (χ2n) is 8.87. The highest BCUT2D eigenvalue weighted by Gasteiger charge is 2.46. The van der Waals surface area contributed by atoms with E-state index in [-0.39, 0.29) is 6.42 Å². The molecule has 0 saturated carbocycles. The molecule has 0 aliphatic heterocycles. The first-order valence-electron chi connectivity index (χ1n) is 11.0. The summed E-state index contributed by atoms with van der Waals surface area (Å²) < 4.78 is 5.30. The molecule has 172 valence electrons. The van der Waals surface area contributed by atoms with Crippen molar-refractivity contribution in [2.75, 3.05) is 6.16 Å². The third kappa shape index (κ3) is 6.21. The SMILES string of the molecule is CC(C)(C)OC(=O)N[C@@H](CC[P+](c1ccccc1)(c1ccccc1)c1ccccc1)C(=O)O. The zero-order valence-electron chi connectivity index (χ0n) is 19.3. The lowest BCUT2D eigenvalue weighted by atomic mass is 10.2. The first-order chi connectivity index (χ1) is 15.7. The molecule has 2 N–H and O–H groups in total. The highest BCUT2D eigenvalue weighted by molar-refractivity contribution is 7.95. The molecule has 0 spiro atoms. The van der Waals surface area contributed by atoms with Gasteiger partial charge in [-0.1, -0.05) is 54.6 Å². The molecule has 1 amide bonds. The number of carbonyl (C=O) groups is 2. The van der Waals surface area contributed by atoms with E-state index in [1.807, 2.05) is 54.6 Å². The van der Waals surface area contributed by atoms with Gasteiger partial charge in [0.2, 0.25) is 0 Å². The fourth-order valence-corrected chi connectivity index (χ4v) is 8.27. The molecule has 33 heavy (non-hydrogen) atoms. The molecule has 1 atom stereocenters. The standard InChI is InChI=1S/C27H30NO4P/c1-27(2,3)32-26(31)28-24(25(29)30)19-20-33(21-13-7-4-8-14-21,22-15-9-5-10-16-22)23-17-11-6-12-18-23/h4-18,24H,19-20H2,1-3H3,(H-,28,29,30,31)/p+1/t24-/m0/s1. The molecule has 3 aromatic carbocycles.